The van der Waals surface area contributed by atoms with E-state index in [0.717, 1.165) is 67.8 Å². The molecule has 4 heterocycles. The predicted molar refractivity (Wildman–Crippen MR) is 124 cm³/mol. The molecular formula is C25H35N2O2S+. The molecule has 0 N–H and O–H groups in total. The van der Waals surface area contributed by atoms with Crippen LogP contribution in [-0.2, 0) is 11.2 Å². The number of fused-ring (bicyclic) bond motifs is 3. The summed E-state index contributed by atoms with van der Waals surface area (Å²) < 4.78 is 7.27. The van der Waals surface area contributed by atoms with E-state index in [4.69, 9.17) is 4.74 Å². The number of anilines is 1. The molecule has 0 radical (unpaired) electrons. The summed E-state index contributed by atoms with van der Waals surface area (Å²) in [7, 11) is 0. The van der Waals surface area contributed by atoms with Crippen LogP contribution < -0.4 is 4.90 Å². The van der Waals surface area contributed by atoms with Crippen molar-refractivity contribution in [3.05, 3.63) is 52.7 Å². The zero-order valence-electron chi connectivity index (χ0n) is 18.2. The van der Waals surface area contributed by atoms with Crippen molar-refractivity contribution in [3.8, 4) is 0 Å². The quantitative estimate of drug-likeness (QED) is 0.454. The van der Waals surface area contributed by atoms with Crippen LogP contribution in [0.25, 0.3) is 0 Å². The van der Waals surface area contributed by atoms with Crippen LogP contribution in [0.2, 0.25) is 0 Å². The molecule has 0 aliphatic carbocycles. The molecule has 2 aromatic rings. The van der Waals surface area contributed by atoms with Crippen molar-refractivity contribution >= 4 is 23.1 Å². The fourth-order valence-corrected chi connectivity index (χ4v) is 5.90. The maximum Gasteiger partial charge on any atom is 0.418 e. The molecule has 5 heteroatoms. The van der Waals surface area contributed by atoms with Crippen molar-refractivity contribution in [1.29, 1.82) is 0 Å². The van der Waals surface area contributed by atoms with Gasteiger partial charge in [-0.3, -0.25) is 9.38 Å². The number of carbonyl (C=O) groups is 1. The highest BCUT2D eigenvalue weighted by atomic mass is 32.1. The Bertz CT molecular complexity index is 785. The monoisotopic (exact) mass is 427 g/mol. The average molecular weight is 428 g/mol. The van der Waals surface area contributed by atoms with E-state index in [1.165, 1.54) is 17.7 Å². The number of rotatable bonds is 9. The number of nitrogens with zero attached hydrogens (tertiary/aromatic N) is 2. The van der Waals surface area contributed by atoms with E-state index < -0.39 is 0 Å². The molecule has 162 valence electrons. The van der Waals surface area contributed by atoms with E-state index in [2.05, 4.69) is 24.4 Å². The van der Waals surface area contributed by atoms with Crippen LogP contribution in [0.5, 0.6) is 0 Å². The molecular weight excluding hydrogens is 392 g/mol. The highest BCUT2D eigenvalue weighted by Crippen LogP contribution is 2.39. The largest absolute Gasteiger partial charge is 0.418 e. The van der Waals surface area contributed by atoms with Gasteiger partial charge in [-0.25, -0.2) is 4.79 Å². The summed E-state index contributed by atoms with van der Waals surface area (Å²) in [6.07, 6.45) is 7.79. The number of unbranched alkanes of at least 4 members (excludes halogenated alkanes) is 1. The van der Waals surface area contributed by atoms with E-state index in [1.54, 1.807) is 0 Å². The summed E-state index contributed by atoms with van der Waals surface area (Å²) in [6, 6.07) is 14.4. The summed E-state index contributed by atoms with van der Waals surface area (Å²) in [4.78, 5) is 16.6. The van der Waals surface area contributed by atoms with Gasteiger partial charge in [-0.1, -0.05) is 37.6 Å². The van der Waals surface area contributed by atoms with Gasteiger partial charge >= 0.3 is 6.09 Å². The first-order valence-corrected chi connectivity index (χ1v) is 12.5. The smallest absolute Gasteiger partial charge is 0.396 e. The second-order valence-corrected chi connectivity index (χ2v) is 9.96. The van der Waals surface area contributed by atoms with Gasteiger partial charge in [-0.2, -0.15) is 0 Å². The summed E-state index contributed by atoms with van der Waals surface area (Å²) in [5, 5.41) is 2.16. The summed E-state index contributed by atoms with van der Waals surface area (Å²) in [5.74, 6) is 0.723. The number of aryl methyl sites for hydroxylation is 1. The Labute approximate surface area is 185 Å². The minimum Gasteiger partial charge on any atom is -0.396 e. The lowest BCUT2D eigenvalue weighted by atomic mass is 9.84. The fourth-order valence-electron chi connectivity index (χ4n) is 5.15. The number of hydrogen-bond acceptors (Lipinski definition) is 3. The number of carbonyl (C=O) groups excluding carboxylic acids is 1. The van der Waals surface area contributed by atoms with Gasteiger partial charge in [0.1, 0.15) is 0 Å². The van der Waals surface area contributed by atoms with E-state index in [0.29, 0.717) is 6.54 Å². The fraction of sp³-hybridized carbons (Fsp3) is 0.560. The van der Waals surface area contributed by atoms with Gasteiger partial charge in [0, 0.05) is 42.8 Å². The summed E-state index contributed by atoms with van der Waals surface area (Å²) in [5.41, 5.74) is 0.941. The van der Waals surface area contributed by atoms with E-state index in [-0.39, 0.29) is 12.3 Å². The van der Waals surface area contributed by atoms with Crippen LogP contribution in [0, 0.1) is 5.92 Å². The Morgan fingerprint density at radius 1 is 1.13 bits per heavy atom. The summed E-state index contributed by atoms with van der Waals surface area (Å²) >= 11 is 1.85. The molecule has 5 rings (SSSR count). The third-order valence-corrected chi connectivity index (χ3v) is 7.91. The lowest BCUT2D eigenvalue weighted by Gasteiger charge is -2.53. The molecule has 2 bridgehead atoms. The van der Waals surface area contributed by atoms with E-state index in [1.807, 2.05) is 46.6 Å². The van der Waals surface area contributed by atoms with Crippen LogP contribution >= 0.6 is 11.3 Å². The van der Waals surface area contributed by atoms with Crippen molar-refractivity contribution in [2.24, 2.45) is 5.92 Å². The highest BCUT2D eigenvalue weighted by Gasteiger charge is 2.49. The van der Waals surface area contributed by atoms with Crippen LogP contribution in [0.4, 0.5) is 10.5 Å². The lowest BCUT2D eigenvalue weighted by Crippen LogP contribution is -2.66. The number of ether oxygens (including phenoxy) is 1. The number of piperidine rings is 3. The lowest BCUT2D eigenvalue weighted by molar-refractivity contribution is -0.984. The molecule has 3 fully saturated rings. The topological polar surface area (TPSA) is 29.5 Å². The molecule has 3 saturated heterocycles. The zero-order chi connectivity index (χ0) is 20.8. The Hall–Kier alpha value is -1.85. The van der Waals surface area contributed by atoms with Crippen molar-refractivity contribution in [2.75, 3.05) is 31.1 Å². The van der Waals surface area contributed by atoms with Gasteiger partial charge in [0.05, 0.1) is 19.6 Å². The van der Waals surface area contributed by atoms with E-state index >= 15 is 0 Å². The third kappa shape index (κ3) is 4.89. The van der Waals surface area contributed by atoms with Crippen LogP contribution in [0.1, 0.15) is 50.3 Å². The second-order valence-electron chi connectivity index (χ2n) is 8.93. The predicted octanol–water partition coefficient (Wildman–Crippen LogP) is 6.08. The minimum atomic E-state index is -0.164. The molecule has 1 amide bonds. The van der Waals surface area contributed by atoms with Crippen molar-refractivity contribution in [3.63, 3.8) is 0 Å². The molecule has 3 aliphatic rings. The van der Waals surface area contributed by atoms with Gasteiger partial charge in [-0.15, -0.1) is 11.3 Å². The number of hydrogen-bond donors (Lipinski definition) is 0. The Balaban J connectivity index is 1.44. The van der Waals surface area contributed by atoms with Crippen LogP contribution in [0.3, 0.4) is 0 Å². The maximum absolute atomic E-state index is 13.3. The van der Waals surface area contributed by atoms with Crippen molar-refractivity contribution < 1.29 is 14.0 Å². The molecule has 0 saturated carbocycles. The third-order valence-electron chi connectivity index (χ3n) is 6.98. The Kier molecular flexibility index (Phi) is 7.11. The van der Waals surface area contributed by atoms with Crippen molar-refractivity contribution in [1.82, 2.24) is 0 Å². The molecule has 1 atom stereocenters. The van der Waals surface area contributed by atoms with E-state index in [9.17, 15) is 4.79 Å². The van der Waals surface area contributed by atoms with Gasteiger partial charge in [-0.05, 0) is 42.3 Å². The summed E-state index contributed by atoms with van der Waals surface area (Å²) in [6.45, 7) is 6.31. The molecule has 1 unspecified atom stereocenters. The van der Waals surface area contributed by atoms with Crippen molar-refractivity contribution in [2.45, 2.75) is 58.1 Å². The first kappa shape index (κ1) is 21.4. The van der Waals surface area contributed by atoms with Crippen LogP contribution in [0.15, 0.2) is 47.8 Å². The molecule has 1 aromatic heterocycles. The Morgan fingerprint density at radius 3 is 2.63 bits per heavy atom. The Morgan fingerprint density at radius 2 is 1.93 bits per heavy atom. The minimum absolute atomic E-state index is 0.0150. The first-order valence-electron chi connectivity index (χ1n) is 11.6. The number of para-hydroxylation sites is 1. The number of benzene rings is 1. The molecule has 4 nitrogen and oxygen atoms in total. The number of quaternary nitrogens is 1. The molecule has 0 spiro atoms. The first-order chi connectivity index (χ1) is 14.7. The molecule has 30 heavy (non-hydrogen) atoms. The second kappa shape index (κ2) is 9.97. The maximum atomic E-state index is 13.3. The average Bonchev–Trinajstić information content (AvgIpc) is 3.29. The molecule has 1 aromatic carbocycles. The molecule has 3 aliphatic heterocycles. The highest BCUT2D eigenvalue weighted by molar-refractivity contribution is 7.09. The van der Waals surface area contributed by atoms with Gasteiger partial charge < -0.3 is 4.74 Å². The van der Waals surface area contributed by atoms with Gasteiger partial charge in [0.25, 0.3) is 0 Å². The standard InChI is InChI=1S/C25H35N2O2S/c1-2-3-15-26(22-9-5-4-6-10-22)25(28)29-24-20-21-13-17-27(24,18-14-21)16-7-11-23-12-8-19-30-23/h4-6,8-10,12,19,21,24H,2-3,7,11,13-18,20H2,1H3/q+1. The SMILES string of the molecule is CCCCN(C(=O)OC1CC2CC[N+]1(CCCc1cccs1)CC2)c1ccccc1. The van der Waals surface area contributed by atoms with Gasteiger partial charge in [0.15, 0.2) is 0 Å². The zero-order valence-corrected chi connectivity index (χ0v) is 19.0. The van der Waals surface area contributed by atoms with Gasteiger partial charge in [0.2, 0.25) is 6.23 Å². The normalized spacial score (nSPS) is 25.2. The number of amides is 1. The number of thiophene rings is 1. The van der Waals surface area contributed by atoms with Crippen LogP contribution in [-0.4, -0.2) is 43.0 Å².